The van der Waals surface area contributed by atoms with Gasteiger partial charge in [-0.05, 0) is 62.6 Å². The monoisotopic (exact) mass is 362 g/mol. The molecule has 2 fully saturated rings. The molecule has 2 bridgehead atoms. The number of hydrogen-bond donors (Lipinski definition) is 2. The van der Waals surface area contributed by atoms with Crippen LogP contribution < -0.4 is 11.1 Å². The summed E-state index contributed by atoms with van der Waals surface area (Å²) in [5.41, 5.74) is 8.27. The van der Waals surface area contributed by atoms with Crippen molar-refractivity contribution in [2.24, 2.45) is 23.5 Å². The smallest absolute Gasteiger partial charge is 0.227 e. The molecule has 0 radical (unpaired) electrons. The van der Waals surface area contributed by atoms with Crippen molar-refractivity contribution in [3.05, 3.63) is 24.4 Å². The lowest BCUT2D eigenvalue weighted by molar-refractivity contribution is -0.122. The number of nitrogens with zero attached hydrogens (tertiary/aromatic N) is 2. The van der Waals surface area contributed by atoms with Crippen molar-refractivity contribution >= 4 is 34.9 Å². The Hall–Kier alpha value is -1.59. The Kier molecular flexibility index (Phi) is 5.35. The molecular weight excluding hydrogens is 336 g/mol. The average molecular weight is 363 g/mol. The van der Waals surface area contributed by atoms with Crippen molar-refractivity contribution in [3.8, 4) is 0 Å². The molecule has 1 amide bonds. The fourth-order valence-corrected chi connectivity index (χ4v) is 4.65. The number of fused-ring (bicyclic) bond motifs is 3. The summed E-state index contributed by atoms with van der Waals surface area (Å²) in [5, 5.41) is 8.59. The van der Waals surface area contributed by atoms with Crippen LogP contribution in [0.25, 0.3) is 10.9 Å². The standard InChI is InChI=1S/C19H26N4O.ClH/c1-2-23-17-10-16(7-6-14(17)11-21-23)22-19(24)15-8-12-4-3-5-13(9-15)18(12)20;/h6-7,10-13,15,18H,2-5,8-9,20H2,1H3,(H,22,24);1H. The van der Waals surface area contributed by atoms with E-state index in [1.807, 2.05) is 29.1 Å². The van der Waals surface area contributed by atoms with E-state index in [2.05, 4.69) is 17.3 Å². The lowest BCUT2D eigenvalue weighted by Crippen LogP contribution is -2.48. The molecule has 0 aliphatic heterocycles. The minimum Gasteiger partial charge on any atom is -0.327 e. The molecule has 5 nitrogen and oxygen atoms in total. The molecule has 4 rings (SSSR count). The molecule has 25 heavy (non-hydrogen) atoms. The Morgan fingerprint density at radius 1 is 1.32 bits per heavy atom. The van der Waals surface area contributed by atoms with Crippen LogP contribution in [0.4, 0.5) is 5.69 Å². The number of halogens is 1. The van der Waals surface area contributed by atoms with Gasteiger partial charge in [-0.3, -0.25) is 9.48 Å². The van der Waals surface area contributed by atoms with Gasteiger partial charge >= 0.3 is 0 Å². The first kappa shape index (κ1) is 18.2. The largest absolute Gasteiger partial charge is 0.327 e. The zero-order chi connectivity index (χ0) is 16.7. The van der Waals surface area contributed by atoms with Crippen LogP contribution in [0.3, 0.4) is 0 Å². The number of nitrogens with one attached hydrogen (secondary N) is 1. The van der Waals surface area contributed by atoms with Gasteiger partial charge in [-0.2, -0.15) is 5.10 Å². The predicted molar refractivity (Wildman–Crippen MR) is 103 cm³/mol. The summed E-state index contributed by atoms with van der Waals surface area (Å²) >= 11 is 0. The molecule has 3 N–H and O–H groups in total. The van der Waals surface area contributed by atoms with Crippen molar-refractivity contribution in [2.45, 2.75) is 51.6 Å². The van der Waals surface area contributed by atoms with Crippen molar-refractivity contribution in [1.82, 2.24) is 9.78 Å². The first-order valence-corrected chi connectivity index (χ1v) is 9.17. The molecule has 2 unspecified atom stereocenters. The van der Waals surface area contributed by atoms with E-state index < -0.39 is 0 Å². The van der Waals surface area contributed by atoms with E-state index in [0.29, 0.717) is 17.9 Å². The number of rotatable bonds is 3. The third-order valence-electron chi connectivity index (χ3n) is 6.00. The lowest BCUT2D eigenvalue weighted by Gasteiger charge is -2.43. The number of benzene rings is 1. The third-order valence-corrected chi connectivity index (χ3v) is 6.00. The number of nitrogens with two attached hydrogens (primary N) is 1. The van der Waals surface area contributed by atoms with Crippen molar-refractivity contribution in [1.29, 1.82) is 0 Å². The Labute approximate surface area is 154 Å². The summed E-state index contributed by atoms with van der Waals surface area (Å²) in [6.45, 7) is 2.90. The maximum Gasteiger partial charge on any atom is 0.227 e. The van der Waals surface area contributed by atoms with Gasteiger partial charge in [-0.1, -0.05) is 6.42 Å². The summed E-state index contributed by atoms with van der Waals surface area (Å²) in [5.74, 6) is 1.31. The zero-order valence-electron chi connectivity index (χ0n) is 14.6. The number of carbonyl (C=O) groups excluding carboxylic acids is 1. The van der Waals surface area contributed by atoms with Crippen LogP contribution >= 0.6 is 12.4 Å². The second kappa shape index (κ2) is 7.34. The Morgan fingerprint density at radius 2 is 2.04 bits per heavy atom. The van der Waals surface area contributed by atoms with Gasteiger partial charge in [0.2, 0.25) is 5.91 Å². The quantitative estimate of drug-likeness (QED) is 0.876. The summed E-state index contributed by atoms with van der Waals surface area (Å²) in [6.07, 6.45) is 7.40. The molecule has 2 saturated carbocycles. The van der Waals surface area contributed by atoms with E-state index in [1.165, 1.54) is 19.3 Å². The maximum absolute atomic E-state index is 12.8. The lowest BCUT2D eigenvalue weighted by atomic mass is 9.65. The Bertz CT molecular complexity index is 745. The van der Waals surface area contributed by atoms with Crippen LogP contribution in [0.2, 0.25) is 0 Å². The first-order chi connectivity index (χ1) is 11.7. The van der Waals surface area contributed by atoms with E-state index in [9.17, 15) is 4.79 Å². The highest BCUT2D eigenvalue weighted by Gasteiger charge is 2.40. The number of aryl methyl sites for hydroxylation is 1. The van der Waals surface area contributed by atoms with Gasteiger partial charge in [-0.15, -0.1) is 12.4 Å². The van der Waals surface area contributed by atoms with E-state index in [-0.39, 0.29) is 24.2 Å². The SMILES string of the molecule is CCn1ncc2ccc(NC(=O)C3CC4CCCC(C3)C4N)cc21.Cl. The summed E-state index contributed by atoms with van der Waals surface area (Å²) < 4.78 is 1.95. The molecule has 2 aromatic rings. The number of carbonyl (C=O) groups is 1. The van der Waals surface area contributed by atoms with Crippen LogP contribution in [0.5, 0.6) is 0 Å². The highest BCUT2D eigenvalue weighted by atomic mass is 35.5. The minimum atomic E-state index is 0. The molecular formula is C19H27ClN4O. The van der Waals surface area contributed by atoms with E-state index in [0.717, 1.165) is 36.0 Å². The van der Waals surface area contributed by atoms with Crippen LogP contribution in [0.15, 0.2) is 24.4 Å². The summed E-state index contributed by atoms with van der Waals surface area (Å²) in [6, 6.07) is 6.32. The van der Waals surface area contributed by atoms with Gasteiger partial charge in [0.25, 0.3) is 0 Å². The van der Waals surface area contributed by atoms with Gasteiger partial charge in [0.05, 0.1) is 11.7 Å². The van der Waals surface area contributed by atoms with Crippen LogP contribution in [0, 0.1) is 17.8 Å². The highest BCUT2D eigenvalue weighted by molar-refractivity contribution is 5.95. The summed E-state index contributed by atoms with van der Waals surface area (Å²) in [7, 11) is 0. The zero-order valence-corrected chi connectivity index (χ0v) is 15.5. The van der Waals surface area contributed by atoms with Gasteiger partial charge < -0.3 is 11.1 Å². The molecule has 1 heterocycles. The van der Waals surface area contributed by atoms with Gasteiger partial charge in [0.15, 0.2) is 0 Å². The predicted octanol–water partition coefficient (Wildman–Crippen LogP) is 3.57. The fraction of sp³-hybridized carbons (Fsp3) is 0.579. The fourth-order valence-electron chi connectivity index (χ4n) is 4.65. The van der Waals surface area contributed by atoms with Crippen LogP contribution in [0.1, 0.15) is 39.0 Å². The number of anilines is 1. The molecule has 1 aromatic carbocycles. The Balaban J connectivity index is 0.00000182. The van der Waals surface area contributed by atoms with E-state index in [1.54, 1.807) is 0 Å². The van der Waals surface area contributed by atoms with Crippen LogP contribution in [-0.2, 0) is 11.3 Å². The van der Waals surface area contributed by atoms with Crippen molar-refractivity contribution in [3.63, 3.8) is 0 Å². The average Bonchev–Trinajstić information content (AvgIpc) is 2.96. The van der Waals surface area contributed by atoms with Gasteiger partial charge in [-0.25, -0.2) is 0 Å². The summed E-state index contributed by atoms with van der Waals surface area (Å²) in [4.78, 5) is 12.8. The number of aromatic nitrogens is 2. The normalized spacial score (nSPS) is 28.4. The molecule has 2 aliphatic carbocycles. The molecule has 136 valence electrons. The number of hydrogen-bond acceptors (Lipinski definition) is 3. The molecule has 1 aromatic heterocycles. The molecule has 0 saturated heterocycles. The molecule has 2 atom stereocenters. The highest BCUT2D eigenvalue weighted by Crippen LogP contribution is 2.42. The first-order valence-electron chi connectivity index (χ1n) is 9.17. The molecule has 0 spiro atoms. The molecule has 6 heteroatoms. The number of amides is 1. The third kappa shape index (κ3) is 3.40. The van der Waals surface area contributed by atoms with Gasteiger partial charge in [0, 0.05) is 29.6 Å². The van der Waals surface area contributed by atoms with E-state index >= 15 is 0 Å². The topological polar surface area (TPSA) is 72.9 Å². The van der Waals surface area contributed by atoms with Crippen molar-refractivity contribution < 1.29 is 4.79 Å². The van der Waals surface area contributed by atoms with E-state index in [4.69, 9.17) is 5.73 Å². The Morgan fingerprint density at radius 3 is 2.72 bits per heavy atom. The molecule has 2 aliphatic rings. The van der Waals surface area contributed by atoms with Crippen LogP contribution in [-0.4, -0.2) is 21.7 Å². The second-order valence-electron chi connectivity index (χ2n) is 7.42. The minimum absolute atomic E-state index is 0. The van der Waals surface area contributed by atoms with Crippen molar-refractivity contribution in [2.75, 3.05) is 5.32 Å². The maximum atomic E-state index is 12.8. The second-order valence-corrected chi connectivity index (χ2v) is 7.42. The van der Waals surface area contributed by atoms with Gasteiger partial charge in [0.1, 0.15) is 0 Å².